The van der Waals surface area contributed by atoms with E-state index in [2.05, 4.69) is 0 Å². The molecule has 3 aliphatic rings. The second kappa shape index (κ2) is 4.87. The molecule has 6 heteroatoms. The SMILES string of the molecule is C[C@]12CC(=O)[C@H]3C[C@@]1(O)O[C@@H](O2)[C@H]3COC(=O)c1ccccc1. The molecule has 0 amide bonds. The van der Waals surface area contributed by atoms with Crippen LogP contribution in [0.1, 0.15) is 30.1 Å². The number of benzene rings is 1. The minimum atomic E-state index is -1.42. The van der Waals surface area contributed by atoms with Crippen molar-refractivity contribution >= 4 is 11.8 Å². The largest absolute Gasteiger partial charge is 0.462 e. The van der Waals surface area contributed by atoms with Gasteiger partial charge < -0.3 is 19.3 Å². The molecule has 4 rings (SSSR count). The van der Waals surface area contributed by atoms with E-state index in [1.807, 2.05) is 6.07 Å². The Hall–Kier alpha value is -1.76. The number of rotatable bonds is 3. The van der Waals surface area contributed by atoms with Crippen LogP contribution < -0.4 is 0 Å². The molecular weight excluding hydrogens is 300 g/mol. The van der Waals surface area contributed by atoms with Crippen molar-refractivity contribution < 1.29 is 28.9 Å². The van der Waals surface area contributed by atoms with Crippen LogP contribution in [0.4, 0.5) is 0 Å². The average Bonchev–Trinajstić information content (AvgIpc) is 2.69. The summed E-state index contributed by atoms with van der Waals surface area (Å²) in [7, 11) is 0. The number of esters is 1. The van der Waals surface area contributed by atoms with Crippen LogP contribution in [0.5, 0.6) is 0 Å². The molecule has 0 radical (unpaired) electrons. The highest BCUT2D eigenvalue weighted by Crippen LogP contribution is 2.56. The minimum Gasteiger partial charge on any atom is -0.462 e. The quantitative estimate of drug-likeness (QED) is 0.845. The zero-order valence-electron chi connectivity index (χ0n) is 12.7. The summed E-state index contributed by atoms with van der Waals surface area (Å²) in [5.41, 5.74) is -0.556. The second-order valence-corrected chi connectivity index (χ2v) is 6.70. The average molecular weight is 318 g/mol. The lowest BCUT2D eigenvalue weighted by molar-refractivity contribution is -0.271. The maximum Gasteiger partial charge on any atom is 0.338 e. The van der Waals surface area contributed by atoms with Crippen molar-refractivity contribution in [3.05, 3.63) is 35.9 Å². The number of carbonyl (C=O) groups excluding carboxylic acids is 2. The molecular formula is C17H18O6. The first kappa shape index (κ1) is 14.8. The highest BCUT2D eigenvalue weighted by molar-refractivity contribution is 5.89. The van der Waals surface area contributed by atoms with Crippen molar-refractivity contribution in [3.63, 3.8) is 0 Å². The van der Waals surface area contributed by atoms with Gasteiger partial charge in [0.1, 0.15) is 18.0 Å². The molecule has 1 aromatic carbocycles. The van der Waals surface area contributed by atoms with Crippen LogP contribution >= 0.6 is 0 Å². The van der Waals surface area contributed by atoms with Crippen molar-refractivity contribution in [2.45, 2.75) is 37.4 Å². The monoisotopic (exact) mass is 318 g/mol. The Morgan fingerprint density at radius 2 is 2.09 bits per heavy atom. The lowest BCUT2D eigenvalue weighted by atomic mass is 9.70. The van der Waals surface area contributed by atoms with E-state index >= 15 is 0 Å². The zero-order chi connectivity index (χ0) is 16.2. The number of fused-ring (bicyclic) bond motifs is 2. The molecule has 122 valence electrons. The summed E-state index contributed by atoms with van der Waals surface area (Å²) in [4.78, 5) is 24.4. The normalized spacial score (nSPS) is 41.1. The molecule has 3 bridgehead atoms. The fraction of sp³-hybridized carbons (Fsp3) is 0.529. The van der Waals surface area contributed by atoms with Crippen LogP contribution in [-0.2, 0) is 19.0 Å². The van der Waals surface area contributed by atoms with Crippen LogP contribution in [0.15, 0.2) is 30.3 Å². The summed E-state index contributed by atoms with van der Waals surface area (Å²) in [5, 5.41) is 10.6. The van der Waals surface area contributed by atoms with Gasteiger partial charge in [-0.1, -0.05) is 18.2 Å². The van der Waals surface area contributed by atoms with E-state index in [1.54, 1.807) is 31.2 Å². The highest BCUT2D eigenvalue weighted by Gasteiger charge is 2.69. The Kier molecular flexibility index (Phi) is 3.13. The van der Waals surface area contributed by atoms with E-state index in [4.69, 9.17) is 14.2 Å². The van der Waals surface area contributed by atoms with Gasteiger partial charge in [-0.2, -0.15) is 0 Å². The van der Waals surface area contributed by atoms with Gasteiger partial charge in [-0.3, -0.25) is 4.79 Å². The second-order valence-electron chi connectivity index (χ2n) is 6.70. The molecule has 5 atom stereocenters. The predicted octanol–water partition coefficient (Wildman–Crippen LogP) is 1.27. The molecule has 6 nitrogen and oxygen atoms in total. The number of ether oxygens (including phenoxy) is 3. The lowest BCUT2D eigenvalue weighted by Gasteiger charge is -2.44. The van der Waals surface area contributed by atoms with Crippen LogP contribution in [0, 0.1) is 11.8 Å². The van der Waals surface area contributed by atoms with Crippen molar-refractivity contribution in [1.29, 1.82) is 0 Å². The summed E-state index contributed by atoms with van der Waals surface area (Å²) >= 11 is 0. The Morgan fingerprint density at radius 3 is 2.83 bits per heavy atom. The first-order valence-electron chi connectivity index (χ1n) is 7.75. The molecule has 0 aromatic heterocycles. The molecule has 1 saturated carbocycles. The van der Waals surface area contributed by atoms with Crippen molar-refractivity contribution in [1.82, 2.24) is 0 Å². The fourth-order valence-corrected chi connectivity index (χ4v) is 3.79. The molecule has 3 fully saturated rings. The van der Waals surface area contributed by atoms with Gasteiger partial charge in [-0.25, -0.2) is 4.79 Å². The number of ketones is 1. The van der Waals surface area contributed by atoms with Gasteiger partial charge in [0.2, 0.25) is 0 Å². The Balaban J connectivity index is 1.50. The van der Waals surface area contributed by atoms with Crippen LogP contribution in [0.3, 0.4) is 0 Å². The third kappa shape index (κ3) is 2.13. The summed E-state index contributed by atoms with van der Waals surface area (Å²) < 4.78 is 16.8. The van der Waals surface area contributed by atoms with Gasteiger partial charge in [0.15, 0.2) is 12.1 Å². The summed E-state index contributed by atoms with van der Waals surface area (Å²) in [6.07, 6.45) is -0.418. The van der Waals surface area contributed by atoms with E-state index in [9.17, 15) is 14.7 Å². The third-order valence-corrected chi connectivity index (χ3v) is 5.22. The maximum absolute atomic E-state index is 12.3. The molecule has 0 unspecified atom stereocenters. The van der Waals surface area contributed by atoms with Gasteiger partial charge in [0.25, 0.3) is 0 Å². The first-order chi connectivity index (χ1) is 10.9. The topological polar surface area (TPSA) is 82.1 Å². The molecule has 1 N–H and O–H groups in total. The Morgan fingerprint density at radius 1 is 1.35 bits per heavy atom. The molecule has 1 aliphatic carbocycles. The van der Waals surface area contributed by atoms with Gasteiger partial charge in [0, 0.05) is 18.8 Å². The van der Waals surface area contributed by atoms with E-state index in [1.165, 1.54) is 0 Å². The third-order valence-electron chi connectivity index (χ3n) is 5.22. The van der Waals surface area contributed by atoms with E-state index < -0.39 is 29.6 Å². The first-order valence-corrected chi connectivity index (χ1v) is 7.75. The van der Waals surface area contributed by atoms with Crippen LogP contribution in [-0.4, -0.2) is 41.1 Å². The van der Waals surface area contributed by atoms with Crippen molar-refractivity contribution in [3.8, 4) is 0 Å². The molecule has 1 aromatic rings. The molecule has 2 heterocycles. The minimum absolute atomic E-state index is 0.0287. The van der Waals surface area contributed by atoms with E-state index in [-0.39, 0.29) is 31.1 Å². The Labute approximate surface area is 133 Å². The number of hydrogen-bond donors (Lipinski definition) is 1. The summed E-state index contributed by atoms with van der Waals surface area (Å²) in [6.45, 7) is 1.72. The Bertz CT molecular complexity index is 658. The zero-order valence-corrected chi connectivity index (χ0v) is 12.7. The molecule has 23 heavy (non-hydrogen) atoms. The highest BCUT2D eigenvalue weighted by atomic mass is 16.8. The summed E-state index contributed by atoms with van der Waals surface area (Å²) in [5.74, 6) is -2.63. The van der Waals surface area contributed by atoms with E-state index in [0.29, 0.717) is 5.56 Å². The smallest absolute Gasteiger partial charge is 0.338 e. The summed E-state index contributed by atoms with van der Waals surface area (Å²) in [6, 6.07) is 8.67. The fourth-order valence-electron chi connectivity index (χ4n) is 3.79. The van der Waals surface area contributed by atoms with Crippen molar-refractivity contribution in [2.24, 2.45) is 11.8 Å². The van der Waals surface area contributed by atoms with Gasteiger partial charge in [-0.05, 0) is 19.1 Å². The van der Waals surface area contributed by atoms with Gasteiger partial charge in [0.05, 0.1) is 11.5 Å². The number of hydrogen-bond acceptors (Lipinski definition) is 6. The van der Waals surface area contributed by atoms with Gasteiger partial charge in [-0.15, -0.1) is 0 Å². The standard InChI is InChI=1S/C17H18O6/c1-16-8-13(18)11-7-17(16,20)23-15(22-16)12(11)9-21-14(19)10-5-3-2-4-6-10/h2-6,11-12,15,20H,7-9H2,1H3/t11-,12-,15+,16-,17+/m0/s1. The molecule has 2 saturated heterocycles. The lowest BCUT2D eigenvalue weighted by Crippen LogP contribution is -2.59. The van der Waals surface area contributed by atoms with Crippen molar-refractivity contribution in [2.75, 3.05) is 6.61 Å². The van der Waals surface area contributed by atoms with Crippen LogP contribution in [0.2, 0.25) is 0 Å². The number of Topliss-reactive ketones (excluding diaryl/α,β-unsaturated/α-hetero) is 1. The molecule has 2 aliphatic heterocycles. The molecule has 0 spiro atoms. The van der Waals surface area contributed by atoms with Gasteiger partial charge >= 0.3 is 5.97 Å². The number of carbonyl (C=O) groups is 2. The van der Waals surface area contributed by atoms with Crippen LogP contribution in [0.25, 0.3) is 0 Å². The van der Waals surface area contributed by atoms with E-state index in [0.717, 1.165) is 0 Å². The number of aliphatic hydroxyl groups is 1. The maximum atomic E-state index is 12.3. The predicted molar refractivity (Wildman–Crippen MR) is 77.3 cm³/mol.